The Kier molecular flexibility index (Phi) is 10.1. The van der Waals surface area contributed by atoms with Crippen molar-refractivity contribution in [1.82, 2.24) is 0 Å². The molecule has 1 saturated carbocycles. The quantitative estimate of drug-likeness (QED) is 0.262. The van der Waals surface area contributed by atoms with Crippen LogP contribution in [0.3, 0.4) is 0 Å². The van der Waals surface area contributed by atoms with Crippen LogP contribution in [0, 0.1) is 0 Å². The zero-order valence-electron chi connectivity index (χ0n) is 22.4. The van der Waals surface area contributed by atoms with Crippen molar-refractivity contribution >= 4 is 0 Å². The van der Waals surface area contributed by atoms with E-state index in [1.165, 1.54) is 0 Å². The van der Waals surface area contributed by atoms with Gasteiger partial charge >= 0.3 is 0 Å². The maximum atomic E-state index is 11.4. The molecule has 0 bridgehead atoms. The summed E-state index contributed by atoms with van der Waals surface area (Å²) in [4.78, 5) is 0. The summed E-state index contributed by atoms with van der Waals surface area (Å²) in [6.45, 7) is 1.08. The van der Waals surface area contributed by atoms with Crippen LogP contribution in [0.25, 0.3) is 0 Å². The molecule has 40 heavy (non-hydrogen) atoms. The third kappa shape index (κ3) is 7.43. The molecule has 0 aliphatic heterocycles. The minimum Gasteiger partial charge on any atom is -0.387 e. The molecular weight excluding hydrogens is 504 g/mol. The van der Waals surface area contributed by atoms with Gasteiger partial charge in [0.1, 0.15) is 36.6 Å². The zero-order chi connectivity index (χ0) is 27.6. The van der Waals surface area contributed by atoms with E-state index in [9.17, 15) is 10.2 Å². The van der Waals surface area contributed by atoms with Crippen molar-refractivity contribution in [3.63, 3.8) is 0 Å². The van der Waals surface area contributed by atoms with Gasteiger partial charge in [-0.1, -0.05) is 121 Å². The van der Waals surface area contributed by atoms with Gasteiger partial charge in [-0.2, -0.15) is 0 Å². The lowest BCUT2D eigenvalue weighted by Crippen LogP contribution is -2.66. The molecule has 6 atom stereocenters. The second-order valence-electron chi connectivity index (χ2n) is 10.0. The molecule has 0 unspecified atom stereocenters. The Morgan fingerprint density at radius 1 is 0.350 bits per heavy atom. The van der Waals surface area contributed by atoms with E-state index in [1.54, 1.807) is 0 Å². The first kappa shape index (κ1) is 28.2. The normalized spacial score (nSPS) is 24.6. The lowest BCUT2D eigenvalue weighted by molar-refractivity contribution is -0.273. The van der Waals surface area contributed by atoms with Gasteiger partial charge in [0.15, 0.2) is 0 Å². The van der Waals surface area contributed by atoms with Crippen LogP contribution in [-0.4, -0.2) is 46.8 Å². The zero-order valence-corrected chi connectivity index (χ0v) is 22.4. The van der Waals surface area contributed by atoms with Crippen LogP contribution in [0.15, 0.2) is 121 Å². The number of aliphatic hydroxyl groups is 2. The molecule has 1 aliphatic carbocycles. The van der Waals surface area contributed by atoms with Crippen molar-refractivity contribution in [2.45, 2.75) is 63.1 Å². The molecule has 4 aromatic rings. The molecule has 6 nitrogen and oxygen atoms in total. The lowest BCUT2D eigenvalue weighted by Gasteiger charge is -2.47. The summed E-state index contributed by atoms with van der Waals surface area (Å²) in [6, 6.07) is 39.1. The van der Waals surface area contributed by atoms with E-state index < -0.39 is 36.6 Å². The Hall–Kier alpha value is -3.36. The molecule has 4 aromatic carbocycles. The molecule has 6 heteroatoms. The SMILES string of the molecule is O[C@H]1[C@H](O)[C@H](OCc2ccccc2)[C@H](OCc2ccccc2)[C@H](OCc2ccccc2)[C@@H]1OCc1ccccc1. The summed E-state index contributed by atoms with van der Waals surface area (Å²) in [5, 5.41) is 22.7. The van der Waals surface area contributed by atoms with Gasteiger partial charge in [0, 0.05) is 0 Å². The molecule has 0 radical (unpaired) electrons. The maximum absolute atomic E-state index is 11.4. The molecule has 2 N–H and O–H groups in total. The summed E-state index contributed by atoms with van der Waals surface area (Å²) in [5.74, 6) is 0. The molecule has 1 aliphatic rings. The van der Waals surface area contributed by atoms with Crippen LogP contribution in [-0.2, 0) is 45.4 Å². The van der Waals surface area contributed by atoms with Crippen molar-refractivity contribution in [3.05, 3.63) is 144 Å². The third-order valence-electron chi connectivity index (χ3n) is 7.14. The van der Waals surface area contributed by atoms with Crippen LogP contribution in [0.1, 0.15) is 22.3 Å². The Morgan fingerprint density at radius 2 is 0.575 bits per heavy atom. The van der Waals surface area contributed by atoms with E-state index >= 15 is 0 Å². The third-order valence-corrected chi connectivity index (χ3v) is 7.14. The van der Waals surface area contributed by atoms with E-state index in [4.69, 9.17) is 18.9 Å². The molecule has 0 aromatic heterocycles. The van der Waals surface area contributed by atoms with Gasteiger partial charge in [0.2, 0.25) is 0 Å². The molecule has 1 fully saturated rings. The fourth-order valence-corrected chi connectivity index (χ4v) is 4.98. The Morgan fingerprint density at radius 3 is 0.825 bits per heavy atom. The summed E-state index contributed by atoms with van der Waals surface area (Å²) >= 11 is 0. The van der Waals surface area contributed by atoms with Crippen LogP contribution in [0.4, 0.5) is 0 Å². The second-order valence-corrected chi connectivity index (χ2v) is 10.0. The fourth-order valence-electron chi connectivity index (χ4n) is 4.98. The standard InChI is InChI=1S/C34H36O6/c35-29-30(36)32(38-22-26-15-7-2-8-16-26)34(40-24-28-19-11-4-12-20-28)33(39-23-27-17-9-3-10-18-27)31(29)37-21-25-13-5-1-6-14-25/h1-20,29-36H,21-24H2/t29-,30-,31-,32+,33-,34+/m0/s1. The van der Waals surface area contributed by atoms with Crippen molar-refractivity contribution in [3.8, 4) is 0 Å². The highest BCUT2D eigenvalue weighted by Crippen LogP contribution is 2.32. The van der Waals surface area contributed by atoms with Crippen molar-refractivity contribution in [2.24, 2.45) is 0 Å². The van der Waals surface area contributed by atoms with E-state index in [0.717, 1.165) is 22.3 Å². The monoisotopic (exact) mass is 540 g/mol. The predicted octanol–water partition coefficient (Wildman–Crippen LogP) is 5.06. The Labute approximate surface area is 235 Å². The van der Waals surface area contributed by atoms with E-state index in [2.05, 4.69) is 0 Å². The van der Waals surface area contributed by atoms with E-state index in [1.807, 2.05) is 121 Å². The molecule has 208 valence electrons. The number of benzene rings is 4. The lowest BCUT2D eigenvalue weighted by atomic mass is 9.84. The van der Waals surface area contributed by atoms with Gasteiger partial charge in [-0.15, -0.1) is 0 Å². The number of aliphatic hydroxyl groups excluding tert-OH is 2. The topological polar surface area (TPSA) is 77.4 Å². The van der Waals surface area contributed by atoms with Crippen LogP contribution in [0.5, 0.6) is 0 Å². The van der Waals surface area contributed by atoms with Gasteiger partial charge in [-0.05, 0) is 22.3 Å². The highest BCUT2D eigenvalue weighted by molar-refractivity contribution is 5.17. The van der Waals surface area contributed by atoms with Crippen LogP contribution < -0.4 is 0 Å². The number of hydrogen-bond donors (Lipinski definition) is 2. The Balaban J connectivity index is 1.42. The average molecular weight is 541 g/mol. The van der Waals surface area contributed by atoms with E-state index in [0.29, 0.717) is 0 Å². The predicted molar refractivity (Wildman–Crippen MR) is 152 cm³/mol. The highest BCUT2D eigenvalue weighted by atomic mass is 16.6. The average Bonchev–Trinajstić information content (AvgIpc) is 3.01. The number of rotatable bonds is 12. The minimum atomic E-state index is -1.25. The van der Waals surface area contributed by atoms with Gasteiger partial charge in [0.05, 0.1) is 26.4 Å². The largest absolute Gasteiger partial charge is 0.387 e. The van der Waals surface area contributed by atoms with E-state index in [-0.39, 0.29) is 26.4 Å². The van der Waals surface area contributed by atoms with Crippen molar-refractivity contribution in [2.75, 3.05) is 0 Å². The minimum absolute atomic E-state index is 0.251. The molecule has 0 saturated heterocycles. The molecule has 0 spiro atoms. The summed E-state index contributed by atoms with van der Waals surface area (Å²) in [7, 11) is 0. The molecular formula is C34H36O6. The first-order valence-corrected chi connectivity index (χ1v) is 13.7. The van der Waals surface area contributed by atoms with Gasteiger partial charge in [-0.3, -0.25) is 0 Å². The second kappa shape index (κ2) is 14.3. The maximum Gasteiger partial charge on any atom is 0.116 e. The highest BCUT2D eigenvalue weighted by Gasteiger charge is 2.52. The van der Waals surface area contributed by atoms with Gasteiger partial charge in [-0.25, -0.2) is 0 Å². The summed E-state index contributed by atoms with van der Waals surface area (Å²) in [6.07, 6.45) is -5.63. The smallest absolute Gasteiger partial charge is 0.116 e. The van der Waals surface area contributed by atoms with Gasteiger partial charge in [0.25, 0.3) is 0 Å². The molecule has 5 rings (SSSR count). The van der Waals surface area contributed by atoms with Crippen LogP contribution >= 0.6 is 0 Å². The summed E-state index contributed by atoms with van der Waals surface area (Å²) in [5.41, 5.74) is 3.87. The first-order valence-electron chi connectivity index (χ1n) is 13.7. The fraction of sp³-hybridized carbons (Fsp3) is 0.294. The van der Waals surface area contributed by atoms with Crippen molar-refractivity contribution in [1.29, 1.82) is 0 Å². The van der Waals surface area contributed by atoms with Crippen molar-refractivity contribution < 1.29 is 29.2 Å². The number of hydrogen-bond acceptors (Lipinski definition) is 6. The van der Waals surface area contributed by atoms with Gasteiger partial charge < -0.3 is 29.2 Å². The number of ether oxygens (including phenoxy) is 4. The summed E-state index contributed by atoms with van der Waals surface area (Å²) < 4.78 is 25.5. The Bertz CT molecular complexity index is 1150. The molecule has 0 heterocycles. The van der Waals surface area contributed by atoms with Crippen LogP contribution in [0.2, 0.25) is 0 Å². The molecule has 0 amide bonds. The first-order chi connectivity index (χ1) is 19.7.